The normalized spacial score (nSPS) is 13.1. The number of nitrogens with one attached hydrogen (secondary N) is 1. The van der Waals surface area contributed by atoms with Gasteiger partial charge in [-0.15, -0.1) is 0 Å². The third kappa shape index (κ3) is 4.69. The van der Waals surface area contributed by atoms with E-state index >= 15 is 0 Å². The van der Waals surface area contributed by atoms with Gasteiger partial charge in [-0.3, -0.25) is 14.8 Å². The van der Waals surface area contributed by atoms with Gasteiger partial charge in [0.15, 0.2) is 0 Å². The molecule has 1 aromatic carbocycles. The van der Waals surface area contributed by atoms with Crippen LogP contribution in [0.1, 0.15) is 49.3 Å². The minimum absolute atomic E-state index is 0.00886. The number of aromatic nitrogens is 2. The fourth-order valence-corrected chi connectivity index (χ4v) is 2.87. The molecule has 1 atom stereocenters. The lowest BCUT2D eigenvalue weighted by Gasteiger charge is -2.28. The molecule has 0 aliphatic rings. The van der Waals surface area contributed by atoms with Crippen LogP contribution in [0.2, 0.25) is 0 Å². The molecule has 1 unspecified atom stereocenters. The molecule has 0 aliphatic heterocycles. The Morgan fingerprint density at radius 2 is 1.88 bits per heavy atom. The molecule has 0 radical (unpaired) electrons. The van der Waals surface area contributed by atoms with E-state index in [2.05, 4.69) is 37.0 Å². The number of aromatic amines is 1. The third-order valence-corrected chi connectivity index (χ3v) is 4.29. The van der Waals surface area contributed by atoms with Crippen molar-refractivity contribution in [3.63, 3.8) is 0 Å². The molecule has 5 nitrogen and oxygen atoms in total. The van der Waals surface area contributed by atoms with Gasteiger partial charge < -0.3 is 4.90 Å². The van der Waals surface area contributed by atoms with Crippen LogP contribution in [-0.4, -0.2) is 47.0 Å². The summed E-state index contributed by atoms with van der Waals surface area (Å²) in [6.07, 6.45) is 0. The summed E-state index contributed by atoms with van der Waals surface area (Å²) in [6, 6.07) is 9.87. The fraction of sp³-hybridized carbons (Fsp3) is 0.500. The van der Waals surface area contributed by atoms with Crippen LogP contribution in [0.3, 0.4) is 0 Å². The van der Waals surface area contributed by atoms with Gasteiger partial charge >= 0.3 is 0 Å². The molecule has 5 heteroatoms. The van der Waals surface area contributed by atoms with Gasteiger partial charge in [0.2, 0.25) is 5.91 Å². The average Bonchev–Trinajstić information content (AvgIpc) is 2.95. The number of carbonyl (C=O) groups excluding carboxylic acids is 1. The second-order valence-corrected chi connectivity index (χ2v) is 8.00. The summed E-state index contributed by atoms with van der Waals surface area (Å²) in [4.78, 5) is 16.8. The van der Waals surface area contributed by atoms with Gasteiger partial charge in [0, 0.05) is 12.5 Å². The van der Waals surface area contributed by atoms with Gasteiger partial charge in [0.25, 0.3) is 0 Å². The van der Waals surface area contributed by atoms with Crippen molar-refractivity contribution in [3.8, 4) is 0 Å². The van der Waals surface area contributed by atoms with E-state index in [0.717, 1.165) is 22.5 Å². The highest BCUT2D eigenvalue weighted by molar-refractivity contribution is 5.83. The summed E-state index contributed by atoms with van der Waals surface area (Å²) in [5.41, 5.74) is 4.11. The van der Waals surface area contributed by atoms with Crippen LogP contribution in [0.15, 0.2) is 30.3 Å². The first-order chi connectivity index (χ1) is 11.6. The molecule has 0 bridgehead atoms. The zero-order valence-electron chi connectivity index (χ0n) is 16.4. The molecular weight excluding hydrogens is 312 g/mol. The lowest BCUT2D eigenvalue weighted by Crippen LogP contribution is -2.38. The topological polar surface area (TPSA) is 52.2 Å². The highest BCUT2D eigenvalue weighted by Crippen LogP contribution is 2.23. The van der Waals surface area contributed by atoms with Crippen molar-refractivity contribution in [1.82, 2.24) is 20.0 Å². The van der Waals surface area contributed by atoms with Crippen LogP contribution >= 0.6 is 0 Å². The molecule has 1 N–H and O–H groups in total. The summed E-state index contributed by atoms with van der Waals surface area (Å²) in [6.45, 7) is 8.94. The standard InChI is InChI=1S/C20H30N4O/c1-14-9-8-10-15(11-14)18(23(5)6)19(25)24(7)13-16-12-17(22-21-16)20(2,3)4/h8-12,18H,13H2,1-7H3,(H,21,22). The van der Waals surface area contributed by atoms with Crippen molar-refractivity contribution < 1.29 is 4.79 Å². The quantitative estimate of drug-likeness (QED) is 0.907. The second-order valence-electron chi connectivity index (χ2n) is 8.00. The summed E-state index contributed by atoms with van der Waals surface area (Å²) in [5.74, 6) is 0.0718. The summed E-state index contributed by atoms with van der Waals surface area (Å²) in [7, 11) is 5.71. The maximum atomic E-state index is 13.1. The number of benzene rings is 1. The molecule has 136 valence electrons. The Morgan fingerprint density at radius 3 is 2.40 bits per heavy atom. The smallest absolute Gasteiger partial charge is 0.244 e. The molecule has 0 saturated heterocycles. The van der Waals surface area contributed by atoms with E-state index < -0.39 is 0 Å². The van der Waals surface area contributed by atoms with Crippen molar-refractivity contribution in [2.75, 3.05) is 21.1 Å². The molecule has 0 aliphatic carbocycles. The van der Waals surface area contributed by atoms with E-state index in [9.17, 15) is 4.79 Å². The van der Waals surface area contributed by atoms with Crippen LogP contribution in [0.4, 0.5) is 0 Å². The van der Waals surface area contributed by atoms with Crippen molar-refractivity contribution >= 4 is 5.91 Å². The van der Waals surface area contributed by atoms with E-state index in [0.29, 0.717) is 6.54 Å². The number of hydrogen-bond acceptors (Lipinski definition) is 3. The van der Waals surface area contributed by atoms with E-state index in [-0.39, 0.29) is 17.4 Å². The van der Waals surface area contributed by atoms with Gasteiger partial charge in [-0.2, -0.15) is 5.10 Å². The molecule has 1 heterocycles. The van der Waals surface area contributed by atoms with Crippen molar-refractivity contribution in [1.29, 1.82) is 0 Å². The Morgan fingerprint density at radius 1 is 1.20 bits per heavy atom. The molecular formula is C20H30N4O. The number of likely N-dealkylation sites (N-methyl/N-ethyl adjacent to an activating group) is 2. The Kier molecular flexibility index (Phi) is 5.68. The molecule has 0 spiro atoms. The van der Waals surface area contributed by atoms with Crippen LogP contribution in [0, 0.1) is 6.92 Å². The van der Waals surface area contributed by atoms with E-state index in [1.165, 1.54) is 0 Å². The number of nitrogens with zero attached hydrogens (tertiary/aromatic N) is 3. The SMILES string of the molecule is Cc1cccc(C(C(=O)N(C)Cc2cc(C(C)(C)C)n[nH]2)N(C)C)c1. The lowest BCUT2D eigenvalue weighted by molar-refractivity contribution is -0.135. The van der Waals surface area contributed by atoms with Crippen LogP contribution in [-0.2, 0) is 16.8 Å². The van der Waals surface area contributed by atoms with E-state index in [1.54, 1.807) is 4.90 Å². The number of rotatable bonds is 5. The van der Waals surface area contributed by atoms with Gasteiger partial charge in [-0.1, -0.05) is 50.6 Å². The Bertz CT molecular complexity index is 727. The number of amides is 1. The summed E-state index contributed by atoms with van der Waals surface area (Å²) in [5, 5.41) is 7.43. The van der Waals surface area contributed by atoms with E-state index in [4.69, 9.17) is 0 Å². The predicted octanol–water partition coefficient (Wildman–Crippen LogP) is 3.28. The molecule has 2 aromatic rings. The van der Waals surface area contributed by atoms with Gasteiger partial charge in [0.1, 0.15) is 6.04 Å². The first kappa shape index (κ1) is 19.2. The maximum absolute atomic E-state index is 13.1. The Labute approximate surface area is 151 Å². The highest BCUT2D eigenvalue weighted by atomic mass is 16.2. The number of aryl methyl sites for hydroxylation is 1. The molecule has 1 aromatic heterocycles. The average molecular weight is 342 g/mol. The number of carbonyl (C=O) groups is 1. The molecule has 25 heavy (non-hydrogen) atoms. The summed E-state index contributed by atoms with van der Waals surface area (Å²) < 4.78 is 0. The predicted molar refractivity (Wildman–Crippen MR) is 101 cm³/mol. The Balaban J connectivity index is 2.17. The van der Waals surface area contributed by atoms with Gasteiger partial charge in [-0.25, -0.2) is 0 Å². The molecule has 1 amide bonds. The monoisotopic (exact) mass is 342 g/mol. The van der Waals surface area contributed by atoms with Crippen LogP contribution < -0.4 is 0 Å². The molecule has 0 saturated carbocycles. The Hall–Kier alpha value is -2.14. The van der Waals surface area contributed by atoms with Crippen molar-refractivity contribution in [2.45, 2.75) is 45.7 Å². The molecule has 0 fully saturated rings. The minimum Gasteiger partial charge on any atom is -0.338 e. The van der Waals surface area contributed by atoms with Gasteiger partial charge in [-0.05, 0) is 32.6 Å². The first-order valence-corrected chi connectivity index (χ1v) is 8.62. The summed E-state index contributed by atoms with van der Waals surface area (Å²) >= 11 is 0. The maximum Gasteiger partial charge on any atom is 0.244 e. The second kappa shape index (κ2) is 7.40. The first-order valence-electron chi connectivity index (χ1n) is 8.62. The fourth-order valence-electron chi connectivity index (χ4n) is 2.87. The number of H-pyrrole nitrogens is 1. The zero-order valence-corrected chi connectivity index (χ0v) is 16.4. The van der Waals surface area contributed by atoms with E-state index in [1.807, 2.05) is 57.2 Å². The molecule has 2 rings (SSSR count). The van der Waals surface area contributed by atoms with Crippen LogP contribution in [0.25, 0.3) is 0 Å². The zero-order chi connectivity index (χ0) is 18.8. The third-order valence-electron chi connectivity index (χ3n) is 4.29. The largest absolute Gasteiger partial charge is 0.338 e. The van der Waals surface area contributed by atoms with Crippen LogP contribution in [0.5, 0.6) is 0 Å². The van der Waals surface area contributed by atoms with Gasteiger partial charge in [0.05, 0.1) is 17.9 Å². The van der Waals surface area contributed by atoms with Crippen molar-refractivity contribution in [3.05, 3.63) is 52.8 Å². The highest BCUT2D eigenvalue weighted by Gasteiger charge is 2.27. The van der Waals surface area contributed by atoms with Crippen molar-refractivity contribution in [2.24, 2.45) is 0 Å². The lowest BCUT2D eigenvalue weighted by atomic mass is 9.92. The minimum atomic E-state index is -0.296. The number of hydrogen-bond donors (Lipinski definition) is 1.